The van der Waals surface area contributed by atoms with Gasteiger partial charge in [0.15, 0.2) is 0 Å². The number of pyridine rings is 1. The van der Waals surface area contributed by atoms with Gasteiger partial charge in [-0.05, 0) is 62.8 Å². The van der Waals surface area contributed by atoms with E-state index in [9.17, 15) is 9.18 Å². The Hall–Kier alpha value is -2.68. The van der Waals surface area contributed by atoms with Gasteiger partial charge in [-0.2, -0.15) is 0 Å². The number of methoxy groups -OCH3 is 1. The van der Waals surface area contributed by atoms with Crippen LogP contribution in [0, 0.1) is 5.82 Å². The van der Waals surface area contributed by atoms with E-state index in [4.69, 9.17) is 4.74 Å². The van der Waals surface area contributed by atoms with Crippen LogP contribution in [-0.2, 0) is 6.42 Å². The normalized spacial score (nSPS) is 17.7. The molecule has 1 fully saturated rings. The third-order valence-corrected chi connectivity index (χ3v) is 7.76. The zero-order valence-corrected chi connectivity index (χ0v) is 21.1. The first-order chi connectivity index (χ1) is 15.9. The maximum atomic E-state index is 14.6. The molecule has 3 aromatic rings. The summed E-state index contributed by atoms with van der Waals surface area (Å²) in [4.78, 5) is 25.7. The number of aromatic nitrogens is 1. The number of rotatable bonds is 5. The molecule has 0 radical (unpaired) electrons. The number of hydrogen-bond acceptors (Lipinski definition) is 6. The van der Waals surface area contributed by atoms with E-state index in [2.05, 4.69) is 28.9 Å². The van der Waals surface area contributed by atoms with Gasteiger partial charge in [0.1, 0.15) is 17.4 Å². The largest absolute Gasteiger partial charge is 0.497 e. The molecular weight excluding hydrogens is 475 g/mol. The number of benzene rings is 1. The van der Waals surface area contributed by atoms with Gasteiger partial charge in [0.25, 0.3) is 5.91 Å². The Kier molecular flexibility index (Phi) is 7.12. The van der Waals surface area contributed by atoms with E-state index in [1.165, 1.54) is 24.5 Å². The molecule has 0 spiro atoms. The number of carbonyl (C=O) groups excluding carboxylic acids is 1. The fourth-order valence-electron chi connectivity index (χ4n) is 4.55. The Morgan fingerprint density at radius 1 is 1.18 bits per heavy atom. The summed E-state index contributed by atoms with van der Waals surface area (Å²) in [6.45, 7) is 2.53. The maximum Gasteiger partial charge on any atom is 0.268 e. The fourth-order valence-corrected chi connectivity index (χ4v) is 5.74. The lowest BCUT2D eigenvalue weighted by atomic mass is 10.1. The molecule has 180 valence electrons. The third-order valence-electron chi connectivity index (χ3n) is 6.56. The van der Waals surface area contributed by atoms with E-state index in [0.29, 0.717) is 28.8 Å². The molecule has 0 aliphatic carbocycles. The molecule has 9 heteroatoms. The van der Waals surface area contributed by atoms with Crippen LogP contribution in [0.5, 0.6) is 5.75 Å². The van der Waals surface area contributed by atoms with Crippen LogP contribution in [0.2, 0.25) is 0 Å². The average Bonchev–Trinajstić information content (AvgIpc) is 3.48. The van der Waals surface area contributed by atoms with E-state index in [1.807, 2.05) is 18.2 Å². The minimum absolute atomic E-state index is 0. The van der Waals surface area contributed by atoms with Gasteiger partial charge < -0.3 is 19.4 Å². The third kappa shape index (κ3) is 4.50. The Bertz CT molecular complexity index is 1180. The second-order valence-electron chi connectivity index (χ2n) is 8.74. The SMILES string of the molecule is COc1ccc(-c2cc3c(s2)C(=O)N(c2ccc(N4CC[C@H](N(C)C)C4)nc2)CC3)c(F)c1.Cl. The van der Waals surface area contributed by atoms with Crippen LogP contribution < -0.4 is 14.5 Å². The van der Waals surface area contributed by atoms with Crippen molar-refractivity contribution in [2.75, 3.05) is 50.6 Å². The van der Waals surface area contributed by atoms with Crippen LogP contribution in [0.15, 0.2) is 42.6 Å². The first-order valence-electron chi connectivity index (χ1n) is 11.1. The molecule has 0 unspecified atom stereocenters. The second-order valence-corrected chi connectivity index (χ2v) is 9.80. The Labute approximate surface area is 209 Å². The van der Waals surface area contributed by atoms with Crippen molar-refractivity contribution in [2.45, 2.75) is 18.9 Å². The summed E-state index contributed by atoms with van der Waals surface area (Å²) < 4.78 is 19.7. The number of thiophene rings is 1. The summed E-state index contributed by atoms with van der Waals surface area (Å²) in [6, 6.07) is 11.3. The molecule has 4 heterocycles. The van der Waals surface area contributed by atoms with E-state index < -0.39 is 0 Å². The van der Waals surface area contributed by atoms with Crippen molar-refractivity contribution in [3.8, 4) is 16.2 Å². The van der Waals surface area contributed by atoms with Crippen molar-refractivity contribution in [3.63, 3.8) is 0 Å². The molecule has 0 saturated carbocycles. The summed E-state index contributed by atoms with van der Waals surface area (Å²) in [7, 11) is 5.73. The van der Waals surface area contributed by atoms with Crippen LogP contribution >= 0.6 is 23.7 Å². The van der Waals surface area contributed by atoms with Gasteiger partial charge in [-0.15, -0.1) is 23.7 Å². The number of fused-ring (bicyclic) bond motifs is 1. The first-order valence-corrected chi connectivity index (χ1v) is 11.9. The smallest absolute Gasteiger partial charge is 0.268 e. The van der Waals surface area contributed by atoms with Crippen LogP contribution in [0.3, 0.4) is 0 Å². The highest BCUT2D eigenvalue weighted by Crippen LogP contribution is 2.38. The monoisotopic (exact) mass is 502 g/mol. The molecule has 2 aliphatic rings. The van der Waals surface area contributed by atoms with Crippen molar-refractivity contribution < 1.29 is 13.9 Å². The average molecular weight is 503 g/mol. The van der Waals surface area contributed by atoms with Crippen molar-refractivity contribution in [1.29, 1.82) is 0 Å². The molecule has 2 aliphatic heterocycles. The fraction of sp³-hybridized carbons (Fsp3) is 0.360. The number of halogens is 2. The molecule has 0 bridgehead atoms. The van der Waals surface area contributed by atoms with E-state index in [-0.39, 0.29) is 24.1 Å². The topological polar surface area (TPSA) is 48.9 Å². The second kappa shape index (κ2) is 9.90. The summed E-state index contributed by atoms with van der Waals surface area (Å²) in [5.41, 5.74) is 2.26. The molecule has 6 nitrogen and oxygen atoms in total. The minimum atomic E-state index is -0.351. The predicted octanol–water partition coefficient (Wildman–Crippen LogP) is 4.72. The first kappa shape index (κ1) is 24.4. The Balaban J connectivity index is 0.00000274. The summed E-state index contributed by atoms with van der Waals surface area (Å²) in [6.07, 6.45) is 3.64. The summed E-state index contributed by atoms with van der Waals surface area (Å²) in [5, 5.41) is 0. The Morgan fingerprint density at radius 3 is 2.65 bits per heavy atom. The lowest BCUT2D eigenvalue weighted by molar-refractivity contribution is 0.0985. The number of ether oxygens (including phenoxy) is 1. The quantitative estimate of drug-likeness (QED) is 0.505. The number of likely N-dealkylation sites (N-methyl/N-ethyl adjacent to an activating group) is 1. The number of amides is 1. The lowest BCUT2D eigenvalue weighted by Crippen LogP contribution is -2.36. The van der Waals surface area contributed by atoms with E-state index in [0.717, 1.165) is 47.9 Å². The van der Waals surface area contributed by atoms with Gasteiger partial charge >= 0.3 is 0 Å². The molecule has 5 rings (SSSR count). The highest BCUT2D eigenvalue weighted by Gasteiger charge is 2.30. The van der Waals surface area contributed by atoms with E-state index in [1.54, 1.807) is 23.2 Å². The van der Waals surface area contributed by atoms with Gasteiger partial charge in [-0.25, -0.2) is 9.37 Å². The van der Waals surface area contributed by atoms with Gasteiger partial charge in [-0.3, -0.25) is 4.79 Å². The lowest BCUT2D eigenvalue weighted by Gasteiger charge is -2.27. The molecule has 1 amide bonds. The molecule has 2 aromatic heterocycles. The predicted molar refractivity (Wildman–Crippen MR) is 137 cm³/mol. The van der Waals surface area contributed by atoms with Crippen LogP contribution in [0.25, 0.3) is 10.4 Å². The van der Waals surface area contributed by atoms with Crippen molar-refractivity contribution in [3.05, 3.63) is 58.9 Å². The van der Waals surface area contributed by atoms with Crippen LogP contribution in [0.1, 0.15) is 21.7 Å². The van der Waals surface area contributed by atoms with Gasteiger partial charge in [0.2, 0.25) is 0 Å². The molecule has 34 heavy (non-hydrogen) atoms. The van der Waals surface area contributed by atoms with Gasteiger partial charge in [0, 0.05) is 42.2 Å². The Morgan fingerprint density at radius 2 is 2.00 bits per heavy atom. The number of carbonyl (C=O) groups is 1. The van der Waals surface area contributed by atoms with Gasteiger partial charge in [0.05, 0.1) is 23.9 Å². The highest BCUT2D eigenvalue weighted by molar-refractivity contribution is 7.17. The molecule has 1 atom stereocenters. The number of nitrogens with zero attached hydrogens (tertiary/aromatic N) is 4. The van der Waals surface area contributed by atoms with Crippen LogP contribution in [-0.4, -0.2) is 62.7 Å². The summed E-state index contributed by atoms with van der Waals surface area (Å²) in [5.74, 6) is 1.02. The van der Waals surface area contributed by atoms with Crippen molar-refractivity contribution in [1.82, 2.24) is 9.88 Å². The standard InChI is InChI=1S/C25H27FN4O2S.ClH/c1-28(2)18-9-10-29(15-18)23-7-4-17(14-27-23)30-11-8-16-12-22(33-24(16)25(30)31)20-6-5-19(32-3)13-21(20)26;/h4-7,12-14,18H,8-11,15H2,1-3H3;1H/t18-;/m0./s1. The summed E-state index contributed by atoms with van der Waals surface area (Å²) >= 11 is 1.34. The molecule has 1 aromatic carbocycles. The molecular formula is C25H28ClFN4O2S. The van der Waals surface area contributed by atoms with Crippen LogP contribution in [0.4, 0.5) is 15.9 Å². The highest BCUT2D eigenvalue weighted by atomic mass is 35.5. The zero-order valence-electron chi connectivity index (χ0n) is 19.5. The molecule has 0 N–H and O–H groups in total. The van der Waals surface area contributed by atoms with Crippen molar-refractivity contribution in [2.24, 2.45) is 0 Å². The zero-order chi connectivity index (χ0) is 23.1. The van der Waals surface area contributed by atoms with Gasteiger partial charge in [-0.1, -0.05) is 0 Å². The minimum Gasteiger partial charge on any atom is -0.497 e. The van der Waals surface area contributed by atoms with E-state index >= 15 is 0 Å². The number of anilines is 2. The molecule has 1 saturated heterocycles. The maximum absolute atomic E-state index is 14.6. The number of hydrogen-bond donors (Lipinski definition) is 0. The van der Waals surface area contributed by atoms with Crippen molar-refractivity contribution >= 4 is 41.2 Å².